The highest BCUT2D eigenvalue weighted by Crippen LogP contribution is 2.33. The zero-order chi connectivity index (χ0) is 30.9. The van der Waals surface area contributed by atoms with Gasteiger partial charge in [0.25, 0.3) is 5.91 Å². The van der Waals surface area contributed by atoms with Gasteiger partial charge in [0.2, 0.25) is 0 Å². The van der Waals surface area contributed by atoms with E-state index in [0.29, 0.717) is 44.9 Å². The molecule has 5 aromatic rings. The van der Waals surface area contributed by atoms with Crippen LogP contribution in [-0.2, 0) is 6.18 Å². The Kier molecular flexibility index (Phi) is 7.41. The number of nitrogens with zero attached hydrogens (tertiary/aromatic N) is 6. The number of carbonyl (C=O) groups is 1. The van der Waals surface area contributed by atoms with Gasteiger partial charge in [0, 0.05) is 23.0 Å². The van der Waals surface area contributed by atoms with E-state index in [0.717, 1.165) is 24.3 Å². The third-order valence-electron chi connectivity index (χ3n) is 6.35. The van der Waals surface area contributed by atoms with Gasteiger partial charge >= 0.3 is 6.18 Å². The van der Waals surface area contributed by atoms with Crippen LogP contribution in [-0.4, -0.2) is 30.6 Å². The van der Waals surface area contributed by atoms with E-state index in [9.17, 15) is 23.2 Å². The molecule has 0 aliphatic heterocycles. The SMILES string of the molecule is CC(C)(C)C=C(C#N)c1cc(-n2nc(-c3ccc(NC(=O)c4ccc(C(F)(F)F)cc4)cc3)c3c(N)ncnc32)ccn1. The van der Waals surface area contributed by atoms with Crippen LogP contribution in [0.4, 0.5) is 24.7 Å². The minimum atomic E-state index is -4.49. The van der Waals surface area contributed by atoms with Gasteiger partial charge in [-0.1, -0.05) is 39.0 Å². The van der Waals surface area contributed by atoms with Crippen molar-refractivity contribution in [3.63, 3.8) is 0 Å². The predicted octanol–water partition coefficient (Wildman–Crippen LogP) is 6.68. The molecule has 0 aliphatic carbocycles. The van der Waals surface area contributed by atoms with E-state index in [-0.39, 0.29) is 16.8 Å². The number of nitriles is 1. The number of aromatic nitrogens is 5. The summed E-state index contributed by atoms with van der Waals surface area (Å²) in [5, 5.41) is 17.7. The Balaban J connectivity index is 1.47. The molecule has 0 saturated heterocycles. The number of rotatable bonds is 5. The van der Waals surface area contributed by atoms with Crippen molar-refractivity contribution in [2.75, 3.05) is 11.1 Å². The van der Waals surface area contributed by atoms with Crippen LogP contribution >= 0.6 is 0 Å². The molecule has 3 heterocycles. The predicted molar refractivity (Wildman–Crippen MR) is 157 cm³/mol. The lowest BCUT2D eigenvalue weighted by molar-refractivity contribution is -0.137. The number of pyridine rings is 1. The first kappa shape index (κ1) is 28.9. The van der Waals surface area contributed by atoms with Crippen molar-refractivity contribution in [1.82, 2.24) is 24.7 Å². The lowest BCUT2D eigenvalue weighted by atomic mass is 9.93. The third-order valence-corrected chi connectivity index (χ3v) is 6.35. The normalized spacial score (nSPS) is 12.3. The van der Waals surface area contributed by atoms with Crippen molar-refractivity contribution >= 4 is 34.0 Å². The number of carbonyl (C=O) groups excluding carboxylic acids is 1. The maximum Gasteiger partial charge on any atom is 0.416 e. The summed E-state index contributed by atoms with van der Waals surface area (Å²) >= 11 is 0. The van der Waals surface area contributed by atoms with Crippen LogP contribution in [0.2, 0.25) is 0 Å². The molecule has 1 amide bonds. The molecule has 9 nitrogen and oxygen atoms in total. The standard InChI is InChI=1S/C31H25F3N8O/c1-30(2,3)15-20(16-35)24-14-23(12-13-37-24)42-28-25(27(36)38-17-39-28)26(41-42)18-6-10-22(11-7-18)40-29(43)19-4-8-21(9-5-19)31(32,33)34/h4-15,17H,1-3H3,(H,40,43)(H2,36,38,39). The van der Waals surface area contributed by atoms with E-state index in [1.165, 1.54) is 6.33 Å². The number of amides is 1. The highest BCUT2D eigenvalue weighted by Gasteiger charge is 2.30. The number of hydrogen-bond donors (Lipinski definition) is 2. The molecule has 0 unspecified atom stereocenters. The first-order chi connectivity index (χ1) is 20.3. The molecule has 3 aromatic heterocycles. The van der Waals surface area contributed by atoms with Crippen LogP contribution in [0.15, 0.2) is 79.3 Å². The fourth-order valence-electron chi connectivity index (χ4n) is 4.38. The van der Waals surface area contributed by atoms with E-state index in [1.807, 2.05) is 26.8 Å². The lowest BCUT2D eigenvalue weighted by Crippen LogP contribution is -2.12. The summed E-state index contributed by atoms with van der Waals surface area (Å²) < 4.78 is 40.1. The number of allylic oxidation sites excluding steroid dienone is 2. The van der Waals surface area contributed by atoms with Gasteiger partial charge in [-0.3, -0.25) is 9.78 Å². The molecule has 0 aliphatic rings. The number of halogens is 3. The fourth-order valence-corrected chi connectivity index (χ4v) is 4.38. The number of nitrogens with two attached hydrogens (primary N) is 1. The zero-order valence-corrected chi connectivity index (χ0v) is 23.3. The third kappa shape index (κ3) is 6.20. The molecule has 0 spiro atoms. The molecular weight excluding hydrogens is 557 g/mol. The van der Waals surface area contributed by atoms with E-state index >= 15 is 0 Å². The second kappa shape index (κ2) is 11.0. The fraction of sp³-hybridized carbons (Fsp3) is 0.161. The molecule has 216 valence electrons. The molecule has 12 heteroatoms. The summed E-state index contributed by atoms with van der Waals surface area (Å²) in [7, 11) is 0. The zero-order valence-electron chi connectivity index (χ0n) is 23.3. The highest BCUT2D eigenvalue weighted by atomic mass is 19.4. The Labute approximate surface area is 244 Å². The van der Waals surface area contributed by atoms with Crippen molar-refractivity contribution in [3.05, 3.63) is 96.1 Å². The van der Waals surface area contributed by atoms with Gasteiger partial charge in [-0.05, 0) is 53.9 Å². The molecule has 0 radical (unpaired) electrons. The number of fused-ring (bicyclic) bond motifs is 1. The summed E-state index contributed by atoms with van der Waals surface area (Å²) in [6.07, 6.45) is 0.287. The van der Waals surface area contributed by atoms with Gasteiger partial charge < -0.3 is 11.1 Å². The van der Waals surface area contributed by atoms with Crippen LogP contribution in [0.25, 0.3) is 33.6 Å². The summed E-state index contributed by atoms with van der Waals surface area (Å²) in [5.74, 6) is -0.342. The number of benzene rings is 2. The number of anilines is 2. The Morgan fingerprint density at radius 1 is 1.00 bits per heavy atom. The number of alkyl halides is 3. The van der Waals surface area contributed by atoms with Crippen LogP contribution in [0.1, 0.15) is 42.4 Å². The van der Waals surface area contributed by atoms with E-state index < -0.39 is 17.6 Å². The van der Waals surface area contributed by atoms with Crippen molar-refractivity contribution in [2.45, 2.75) is 26.9 Å². The largest absolute Gasteiger partial charge is 0.416 e. The van der Waals surface area contributed by atoms with E-state index in [4.69, 9.17) is 10.8 Å². The molecule has 0 atom stereocenters. The number of nitrogen functional groups attached to an aromatic ring is 1. The van der Waals surface area contributed by atoms with E-state index in [2.05, 4.69) is 26.3 Å². The summed E-state index contributed by atoms with van der Waals surface area (Å²) in [6, 6.07) is 16.4. The molecule has 3 N–H and O–H groups in total. The van der Waals surface area contributed by atoms with Crippen molar-refractivity contribution in [1.29, 1.82) is 5.26 Å². The average molecular weight is 583 g/mol. The Bertz CT molecular complexity index is 1900. The maximum absolute atomic E-state index is 12.8. The quantitative estimate of drug-likeness (QED) is 0.221. The van der Waals surface area contributed by atoms with Gasteiger partial charge in [0.15, 0.2) is 5.65 Å². The van der Waals surface area contributed by atoms with Gasteiger partial charge in [0.1, 0.15) is 23.9 Å². The second-order valence-electron chi connectivity index (χ2n) is 10.8. The number of hydrogen-bond acceptors (Lipinski definition) is 7. The Hall–Kier alpha value is -5.57. The molecule has 43 heavy (non-hydrogen) atoms. The first-order valence-electron chi connectivity index (χ1n) is 13.0. The molecule has 5 rings (SSSR count). The maximum atomic E-state index is 12.8. The molecule has 0 bridgehead atoms. The van der Waals surface area contributed by atoms with Gasteiger partial charge in [-0.2, -0.15) is 23.5 Å². The highest BCUT2D eigenvalue weighted by molar-refractivity contribution is 6.04. The molecule has 0 fully saturated rings. The van der Waals surface area contributed by atoms with Crippen LogP contribution in [0.3, 0.4) is 0 Å². The van der Waals surface area contributed by atoms with Crippen molar-refractivity contribution in [3.8, 4) is 23.0 Å². The Morgan fingerprint density at radius 3 is 2.33 bits per heavy atom. The first-order valence-corrected chi connectivity index (χ1v) is 13.0. The summed E-state index contributed by atoms with van der Waals surface area (Å²) in [5.41, 5.74) is 8.78. The second-order valence-corrected chi connectivity index (χ2v) is 10.8. The van der Waals surface area contributed by atoms with Crippen molar-refractivity contribution < 1.29 is 18.0 Å². The minimum Gasteiger partial charge on any atom is -0.383 e. The van der Waals surface area contributed by atoms with Gasteiger partial charge in [-0.25, -0.2) is 14.6 Å². The average Bonchev–Trinajstić information content (AvgIpc) is 3.36. The summed E-state index contributed by atoms with van der Waals surface area (Å²) in [6.45, 7) is 5.98. The Morgan fingerprint density at radius 2 is 1.70 bits per heavy atom. The van der Waals surface area contributed by atoms with Crippen LogP contribution < -0.4 is 11.1 Å². The van der Waals surface area contributed by atoms with Crippen LogP contribution in [0, 0.1) is 16.7 Å². The van der Waals surface area contributed by atoms with Gasteiger partial charge in [-0.15, -0.1) is 0 Å². The number of nitrogens with one attached hydrogen (secondary N) is 1. The summed E-state index contributed by atoms with van der Waals surface area (Å²) in [4.78, 5) is 25.5. The lowest BCUT2D eigenvalue weighted by Gasteiger charge is -2.13. The minimum absolute atomic E-state index is 0.0837. The van der Waals surface area contributed by atoms with E-state index in [1.54, 1.807) is 47.3 Å². The molecule has 2 aromatic carbocycles. The topological polar surface area (TPSA) is 135 Å². The van der Waals surface area contributed by atoms with Crippen LogP contribution in [0.5, 0.6) is 0 Å². The molecule has 0 saturated carbocycles. The monoisotopic (exact) mass is 582 g/mol. The van der Waals surface area contributed by atoms with Crippen molar-refractivity contribution in [2.24, 2.45) is 5.41 Å². The molecular formula is C31H25F3N8O. The smallest absolute Gasteiger partial charge is 0.383 e. The van der Waals surface area contributed by atoms with Gasteiger partial charge in [0.05, 0.1) is 27.9 Å².